The number of anilines is 2. The lowest BCUT2D eigenvalue weighted by atomic mass is 10.2. The van der Waals surface area contributed by atoms with Crippen LogP contribution >= 0.6 is 12.2 Å². The van der Waals surface area contributed by atoms with E-state index < -0.39 is 0 Å². The molecule has 0 saturated carbocycles. The van der Waals surface area contributed by atoms with Gasteiger partial charge in [-0.05, 0) is 31.2 Å². The van der Waals surface area contributed by atoms with Crippen LogP contribution in [0.4, 0.5) is 21.0 Å². The van der Waals surface area contributed by atoms with E-state index in [-0.39, 0.29) is 18.3 Å². The van der Waals surface area contributed by atoms with Crippen molar-refractivity contribution in [2.75, 3.05) is 36.0 Å². The van der Waals surface area contributed by atoms with E-state index in [0.717, 1.165) is 11.4 Å². The van der Waals surface area contributed by atoms with Gasteiger partial charge in [-0.25, -0.2) is 9.59 Å². The molecule has 1 aromatic rings. The number of cyclic esters (lactones) is 2. The molecule has 2 aliphatic rings. The predicted molar refractivity (Wildman–Crippen MR) is 89.0 cm³/mol. The zero-order valence-electron chi connectivity index (χ0n) is 12.7. The van der Waals surface area contributed by atoms with Crippen LogP contribution in [0, 0.1) is 0 Å². The van der Waals surface area contributed by atoms with Crippen molar-refractivity contribution in [3.8, 4) is 0 Å². The normalized spacial score (nSPS) is 20.5. The molecule has 122 valence electrons. The predicted octanol–water partition coefficient (Wildman–Crippen LogP) is 1.91. The van der Waals surface area contributed by atoms with Crippen LogP contribution in [0.3, 0.4) is 0 Å². The van der Waals surface area contributed by atoms with Gasteiger partial charge in [0.2, 0.25) is 0 Å². The molecular weight excluding hydrogens is 318 g/mol. The summed E-state index contributed by atoms with van der Waals surface area (Å²) in [6.45, 7) is 3.67. The molecule has 0 bridgehead atoms. The van der Waals surface area contributed by atoms with Crippen LogP contribution in [0.2, 0.25) is 0 Å². The first kappa shape index (κ1) is 15.5. The highest BCUT2D eigenvalue weighted by atomic mass is 32.1. The number of hydrogen-bond acceptors (Lipinski definition) is 5. The van der Waals surface area contributed by atoms with E-state index >= 15 is 0 Å². The van der Waals surface area contributed by atoms with E-state index in [2.05, 4.69) is 5.32 Å². The zero-order valence-corrected chi connectivity index (χ0v) is 13.5. The van der Waals surface area contributed by atoms with Gasteiger partial charge in [0.15, 0.2) is 0 Å². The highest BCUT2D eigenvalue weighted by Crippen LogP contribution is 2.26. The molecule has 3 rings (SSSR count). The number of rotatable bonds is 4. The third-order valence-electron chi connectivity index (χ3n) is 3.69. The Balaban J connectivity index is 1.66. The van der Waals surface area contributed by atoms with Gasteiger partial charge in [-0.15, -0.1) is 0 Å². The van der Waals surface area contributed by atoms with Crippen LogP contribution < -0.4 is 15.1 Å². The van der Waals surface area contributed by atoms with Crippen LogP contribution in [-0.2, 0) is 9.47 Å². The number of hydrogen-bond donors (Lipinski definition) is 1. The molecule has 1 atom stereocenters. The summed E-state index contributed by atoms with van der Waals surface area (Å²) < 4.78 is 10.2. The molecule has 2 amide bonds. The molecule has 8 heteroatoms. The summed E-state index contributed by atoms with van der Waals surface area (Å²) in [7, 11) is 0. The summed E-state index contributed by atoms with van der Waals surface area (Å²) in [6, 6.07) is 7.18. The maximum Gasteiger partial charge on any atom is 0.414 e. The average molecular weight is 335 g/mol. The lowest BCUT2D eigenvalue weighted by Gasteiger charge is -2.16. The van der Waals surface area contributed by atoms with Crippen LogP contribution in [0.5, 0.6) is 0 Å². The van der Waals surface area contributed by atoms with Gasteiger partial charge < -0.3 is 14.8 Å². The maximum absolute atomic E-state index is 12.0. The van der Waals surface area contributed by atoms with Gasteiger partial charge in [-0.2, -0.15) is 0 Å². The van der Waals surface area contributed by atoms with Crippen molar-refractivity contribution < 1.29 is 19.1 Å². The number of carbonyl (C=O) groups is 2. The van der Waals surface area contributed by atoms with E-state index in [4.69, 9.17) is 21.7 Å². The Morgan fingerprint density at radius 2 is 1.87 bits per heavy atom. The van der Waals surface area contributed by atoms with Crippen molar-refractivity contribution in [3.63, 3.8) is 0 Å². The lowest BCUT2D eigenvalue weighted by Crippen LogP contribution is -2.32. The van der Waals surface area contributed by atoms with Crippen molar-refractivity contribution in [2.24, 2.45) is 0 Å². The minimum Gasteiger partial charge on any atom is -0.447 e. The summed E-state index contributed by atoms with van der Waals surface area (Å²) in [5.41, 5.74) is 1.48. The number of nitrogens with zero attached hydrogens (tertiary/aromatic N) is 2. The van der Waals surface area contributed by atoms with Crippen LogP contribution in [0.1, 0.15) is 6.92 Å². The van der Waals surface area contributed by atoms with E-state index in [9.17, 15) is 9.59 Å². The third-order valence-corrected chi connectivity index (χ3v) is 3.83. The number of carbonyl (C=O) groups excluding carboxylic acids is 2. The van der Waals surface area contributed by atoms with E-state index in [0.29, 0.717) is 31.2 Å². The first-order valence-corrected chi connectivity index (χ1v) is 7.72. The monoisotopic (exact) mass is 335 g/mol. The number of benzene rings is 1. The van der Waals surface area contributed by atoms with Crippen molar-refractivity contribution in [2.45, 2.75) is 13.0 Å². The fourth-order valence-corrected chi connectivity index (χ4v) is 2.62. The summed E-state index contributed by atoms with van der Waals surface area (Å²) in [5.74, 6) is 0. The number of thiocarbonyl (C=S) groups is 1. The Kier molecular flexibility index (Phi) is 4.33. The standard InChI is InChI=1S/C15H17N3O4S/c1-10(23)16-8-13-9-18(15(20)22-13)12-4-2-11(3-5-12)17-6-7-21-14(17)19/h2-5,13H,6-9H2,1H3,(H,16,23). The Morgan fingerprint density at radius 1 is 1.22 bits per heavy atom. The molecule has 1 N–H and O–H groups in total. The first-order chi connectivity index (χ1) is 11.0. The second-order valence-corrected chi connectivity index (χ2v) is 5.95. The Hall–Kier alpha value is -2.35. The van der Waals surface area contributed by atoms with Crippen LogP contribution in [0.15, 0.2) is 24.3 Å². The largest absolute Gasteiger partial charge is 0.447 e. The maximum atomic E-state index is 12.0. The number of amides is 2. The van der Waals surface area contributed by atoms with Crippen molar-refractivity contribution in [1.29, 1.82) is 0 Å². The molecule has 2 saturated heterocycles. The fraction of sp³-hybridized carbons (Fsp3) is 0.400. The van der Waals surface area contributed by atoms with E-state index in [1.807, 2.05) is 0 Å². The zero-order chi connectivity index (χ0) is 16.4. The SMILES string of the molecule is CC(=S)NCC1CN(c2ccc(N3CCOC3=O)cc2)C(=O)O1. The Labute approximate surface area is 139 Å². The minimum atomic E-state index is -0.382. The highest BCUT2D eigenvalue weighted by molar-refractivity contribution is 7.80. The molecular formula is C15H17N3O4S. The molecule has 1 aromatic carbocycles. The summed E-state index contributed by atoms with van der Waals surface area (Å²) in [6.07, 6.45) is -0.971. The second-order valence-electron chi connectivity index (χ2n) is 5.34. The smallest absolute Gasteiger partial charge is 0.414 e. The van der Waals surface area contributed by atoms with Gasteiger partial charge >= 0.3 is 12.2 Å². The topological polar surface area (TPSA) is 71.1 Å². The second kappa shape index (κ2) is 6.41. The first-order valence-electron chi connectivity index (χ1n) is 7.31. The van der Waals surface area contributed by atoms with Gasteiger partial charge in [-0.1, -0.05) is 12.2 Å². The summed E-state index contributed by atoms with van der Waals surface area (Å²) >= 11 is 4.95. The number of ether oxygens (including phenoxy) is 2. The Morgan fingerprint density at radius 3 is 2.43 bits per heavy atom. The van der Waals surface area contributed by atoms with Crippen LogP contribution in [-0.4, -0.2) is 49.5 Å². The van der Waals surface area contributed by atoms with Gasteiger partial charge in [0.05, 0.1) is 24.6 Å². The molecule has 7 nitrogen and oxygen atoms in total. The molecule has 23 heavy (non-hydrogen) atoms. The van der Waals surface area contributed by atoms with Crippen LogP contribution in [0.25, 0.3) is 0 Å². The van der Waals surface area contributed by atoms with Gasteiger partial charge in [-0.3, -0.25) is 9.80 Å². The van der Waals surface area contributed by atoms with Crippen molar-refractivity contribution in [1.82, 2.24) is 5.32 Å². The van der Waals surface area contributed by atoms with Crippen molar-refractivity contribution >= 4 is 40.8 Å². The summed E-state index contributed by atoms with van der Waals surface area (Å²) in [5, 5.41) is 3.00. The van der Waals surface area contributed by atoms with Gasteiger partial charge in [0.1, 0.15) is 12.7 Å². The molecule has 2 fully saturated rings. The minimum absolute atomic E-state index is 0.242. The fourth-order valence-electron chi connectivity index (χ4n) is 2.54. The Bertz CT molecular complexity index is 634. The van der Waals surface area contributed by atoms with Gasteiger partial charge in [0, 0.05) is 11.4 Å². The molecule has 0 aliphatic carbocycles. The van der Waals surface area contributed by atoms with E-state index in [1.165, 1.54) is 0 Å². The summed E-state index contributed by atoms with van der Waals surface area (Å²) in [4.78, 5) is 27.3. The quantitative estimate of drug-likeness (QED) is 0.848. The highest BCUT2D eigenvalue weighted by Gasteiger charge is 2.32. The third kappa shape index (κ3) is 3.37. The molecule has 0 aromatic heterocycles. The molecule has 2 aliphatic heterocycles. The molecule has 0 radical (unpaired) electrons. The van der Waals surface area contributed by atoms with Crippen molar-refractivity contribution in [3.05, 3.63) is 24.3 Å². The van der Waals surface area contributed by atoms with E-state index in [1.54, 1.807) is 41.0 Å². The molecule has 1 unspecified atom stereocenters. The number of nitrogens with one attached hydrogen (secondary N) is 1. The average Bonchev–Trinajstić information content (AvgIpc) is 3.11. The molecule has 0 spiro atoms. The molecule has 2 heterocycles. The van der Waals surface area contributed by atoms with Gasteiger partial charge in [0.25, 0.3) is 0 Å². The lowest BCUT2D eigenvalue weighted by molar-refractivity contribution is 0.143.